The summed E-state index contributed by atoms with van der Waals surface area (Å²) < 4.78 is 2.37. The third kappa shape index (κ3) is 10.6. The molecule has 0 atom stereocenters. The Morgan fingerprint density at radius 2 is 1.04 bits per heavy atom. The highest BCUT2D eigenvalue weighted by Gasteiger charge is 1.99. The lowest BCUT2D eigenvalue weighted by molar-refractivity contribution is 0.588. The Balaban J connectivity index is 1.25. The monoisotopic (exact) mass is 436 g/mol. The fourth-order valence-electron chi connectivity index (χ4n) is 2.07. The summed E-state index contributed by atoms with van der Waals surface area (Å²) in [5.41, 5.74) is 0. The van der Waals surface area contributed by atoms with E-state index in [2.05, 4.69) is 9.97 Å². The molecule has 0 amide bonds. The van der Waals surface area contributed by atoms with Crippen molar-refractivity contribution >= 4 is 65.8 Å². The molecule has 0 spiro atoms. The second-order valence-corrected chi connectivity index (χ2v) is 12.3. The van der Waals surface area contributed by atoms with Crippen molar-refractivity contribution in [3.63, 3.8) is 0 Å². The topological polar surface area (TPSA) is 25.8 Å². The maximum atomic E-state index is 4.28. The summed E-state index contributed by atoms with van der Waals surface area (Å²) in [5.74, 6) is 2.50. The highest BCUT2D eigenvalue weighted by molar-refractivity contribution is 8.77. The second-order valence-electron chi connectivity index (χ2n) is 5.24. The van der Waals surface area contributed by atoms with E-state index in [0.717, 1.165) is 0 Å². The smallest absolute Gasteiger partial charge is 0.160 e. The van der Waals surface area contributed by atoms with Gasteiger partial charge in [-0.1, -0.05) is 60.1 Å². The van der Waals surface area contributed by atoms with Crippen molar-refractivity contribution in [1.82, 2.24) is 9.97 Å². The largest absolute Gasteiger partial charge is 0.237 e. The van der Waals surface area contributed by atoms with E-state index in [1.165, 1.54) is 71.6 Å². The van der Waals surface area contributed by atoms with E-state index in [1.807, 2.05) is 66.3 Å². The van der Waals surface area contributed by atoms with Gasteiger partial charge in [0.05, 0.1) is 0 Å². The van der Waals surface area contributed by atoms with Gasteiger partial charge in [-0.05, 0) is 34.4 Å². The summed E-state index contributed by atoms with van der Waals surface area (Å²) in [4.78, 5) is 8.56. The van der Waals surface area contributed by atoms with Crippen LogP contribution in [0.3, 0.4) is 0 Å². The van der Waals surface area contributed by atoms with Crippen molar-refractivity contribution in [2.24, 2.45) is 0 Å². The van der Waals surface area contributed by atoms with Gasteiger partial charge in [-0.3, -0.25) is 0 Å². The number of thiazole rings is 2. The van der Waals surface area contributed by atoms with Gasteiger partial charge in [0.2, 0.25) is 0 Å². The average molecular weight is 437 g/mol. The molecule has 0 saturated heterocycles. The van der Waals surface area contributed by atoms with Crippen LogP contribution in [0.1, 0.15) is 51.4 Å². The zero-order valence-electron chi connectivity index (χ0n) is 13.7. The molecule has 134 valence electrons. The lowest BCUT2D eigenvalue weighted by atomic mass is 10.1. The Kier molecular flexibility index (Phi) is 12.9. The maximum absolute atomic E-state index is 4.28. The molecule has 0 unspecified atom stereocenters. The van der Waals surface area contributed by atoms with Crippen LogP contribution in [0, 0.1) is 0 Å². The van der Waals surface area contributed by atoms with Crippen molar-refractivity contribution < 1.29 is 0 Å². The molecule has 8 heteroatoms. The van der Waals surface area contributed by atoms with Gasteiger partial charge in [-0.2, -0.15) is 0 Å². The van der Waals surface area contributed by atoms with Crippen molar-refractivity contribution in [2.45, 2.75) is 60.0 Å². The lowest BCUT2D eigenvalue weighted by Gasteiger charge is -2.02. The standard InChI is InChI=1S/C16H24N2S6/c1(3-5-7-11-21-23-15-17-9-13-19-15)2-4-6-8-12-22-24-16-18-10-14-20-16/h9-10,13-14H,1-8,11-12H2. The van der Waals surface area contributed by atoms with E-state index >= 15 is 0 Å². The van der Waals surface area contributed by atoms with Crippen molar-refractivity contribution in [1.29, 1.82) is 0 Å². The number of hydrogen-bond donors (Lipinski definition) is 0. The molecule has 2 rings (SSSR count). The van der Waals surface area contributed by atoms with Gasteiger partial charge in [-0.15, -0.1) is 22.7 Å². The summed E-state index contributed by atoms with van der Waals surface area (Å²) in [6.07, 6.45) is 14.8. The molecule has 2 nitrogen and oxygen atoms in total. The van der Waals surface area contributed by atoms with Crippen LogP contribution in [0.25, 0.3) is 0 Å². The van der Waals surface area contributed by atoms with Gasteiger partial charge in [0.1, 0.15) is 0 Å². The highest BCUT2D eigenvalue weighted by Crippen LogP contribution is 2.33. The predicted octanol–water partition coefficient (Wildman–Crippen LogP) is 7.90. The van der Waals surface area contributed by atoms with Crippen molar-refractivity contribution in [3.05, 3.63) is 23.2 Å². The molecule has 24 heavy (non-hydrogen) atoms. The molecule has 0 radical (unpaired) electrons. The highest BCUT2D eigenvalue weighted by atomic mass is 33.1. The molecular weight excluding hydrogens is 413 g/mol. The summed E-state index contributed by atoms with van der Waals surface area (Å²) >= 11 is 3.46. The normalized spacial score (nSPS) is 11.2. The minimum atomic E-state index is 1.18. The van der Waals surface area contributed by atoms with Gasteiger partial charge in [0, 0.05) is 34.7 Å². The summed E-state index contributed by atoms with van der Waals surface area (Å²) in [5, 5.41) is 4.09. The third-order valence-electron chi connectivity index (χ3n) is 3.29. The molecule has 2 heterocycles. The lowest BCUT2D eigenvalue weighted by Crippen LogP contribution is -1.83. The van der Waals surface area contributed by atoms with E-state index in [1.54, 1.807) is 22.7 Å². The number of unbranched alkanes of at least 4 members (excludes halogenated alkanes) is 7. The molecule has 0 aliphatic heterocycles. The van der Waals surface area contributed by atoms with Crippen LogP contribution in [0.4, 0.5) is 0 Å². The molecule has 0 aliphatic carbocycles. The maximum Gasteiger partial charge on any atom is 0.160 e. The van der Waals surface area contributed by atoms with E-state index < -0.39 is 0 Å². The Labute approximate surface area is 169 Å². The summed E-state index contributed by atoms with van der Waals surface area (Å²) in [6, 6.07) is 0. The first-order chi connectivity index (χ1) is 11.9. The zero-order valence-corrected chi connectivity index (χ0v) is 18.6. The molecular formula is C16H24N2S6. The molecule has 0 saturated carbocycles. The van der Waals surface area contributed by atoms with E-state index in [9.17, 15) is 0 Å². The van der Waals surface area contributed by atoms with Crippen LogP contribution in [0.5, 0.6) is 0 Å². The first-order valence-corrected chi connectivity index (χ1v) is 14.7. The fraction of sp³-hybridized carbons (Fsp3) is 0.625. The van der Waals surface area contributed by atoms with Crippen LogP contribution >= 0.6 is 65.8 Å². The van der Waals surface area contributed by atoms with E-state index in [4.69, 9.17) is 0 Å². The van der Waals surface area contributed by atoms with Crippen LogP contribution in [0.2, 0.25) is 0 Å². The van der Waals surface area contributed by atoms with Crippen molar-refractivity contribution in [2.75, 3.05) is 11.5 Å². The van der Waals surface area contributed by atoms with Crippen LogP contribution in [0.15, 0.2) is 31.8 Å². The quantitative estimate of drug-likeness (QED) is 0.208. The molecule has 2 aromatic heterocycles. The minimum Gasteiger partial charge on any atom is -0.237 e. The minimum absolute atomic E-state index is 1.18. The third-order valence-corrected chi connectivity index (χ3v) is 10.4. The summed E-state index contributed by atoms with van der Waals surface area (Å²) in [6.45, 7) is 0. The Bertz CT molecular complexity index is 442. The molecule has 0 bridgehead atoms. The summed E-state index contributed by atoms with van der Waals surface area (Å²) in [7, 11) is 7.54. The van der Waals surface area contributed by atoms with Gasteiger partial charge < -0.3 is 0 Å². The van der Waals surface area contributed by atoms with E-state index in [-0.39, 0.29) is 0 Å². The zero-order chi connectivity index (χ0) is 16.7. The fourth-order valence-corrected chi connectivity index (χ4v) is 8.30. The predicted molar refractivity (Wildman–Crippen MR) is 118 cm³/mol. The molecule has 0 aliphatic rings. The molecule has 0 N–H and O–H groups in total. The number of hydrogen-bond acceptors (Lipinski definition) is 8. The van der Waals surface area contributed by atoms with Gasteiger partial charge in [0.15, 0.2) is 8.68 Å². The Morgan fingerprint density at radius 1 is 0.625 bits per heavy atom. The molecule has 0 fully saturated rings. The number of rotatable bonds is 15. The second kappa shape index (κ2) is 14.8. The Morgan fingerprint density at radius 3 is 1.42 bits per heavy atom. The Hall–Kier alpha value is 0.660. The van der Waals surface area contributed by atoms with Gasteiger partial charge in [0.25, 0.3) is 0 Å². The average Bonchev–Trinajstić information content (AvgIpc) is 3.28. The van der Waals surface area contributed by atoms with Gasteiger partial charge in [-0.25, -0.2) is 9.97 Å². The van der Waals surface area contributed by atoms with Crippen LogP contribution < -0.4 is 0 Å². The SMILES string of the molecule is c1csc(SSCCCCCCCCCCSSc2nccs2)n1. The molecule has 0 aromatic carbocycles. The number of nitrogens with zero attached hydrogens (tertiary/aromatic N) is 2. The first kappa shape index (κ1) is 21.0. The molecule has 2 aromatic rings. The van der Waals surface area contributed by atoms with Crippen LogP contribution in [-0.2, 0) is 0 Å². The van der Waals surface area contributed by atoms with Gasteiger partial charge >= 0.3 is 0 Å². The van der Waals surface area contributed by atoms with Crippen molar-refractivity contribution in [3.8, 4) is 0 Å². The van der Waals surface area contributed by atoms with E-state index in [0.29, 0.717) is 0 Å². The number of aromatic nitrogens is 2. The van der Waals surface area contributed by atoms with Crippen LogP contribution in [-0.4, -0.2) is 21.5 Å². The first-order valence-electron chi connectivity index (χ1n) is 8.33.